The molecule has 0 heterocycles. The zero-order chi connectivity index (χ0) is 26.2. The van der Waals surface area contributed by atoms with Crippen molar-refractivity contribution in [3.63, 3.8) is 0 Å². The molecule has 1 amide bonds. The van der Waals surface area contributed by atoms with Gasteiger partial charge in [-0.1, -0.05) is 73.1 Å². The van der Waals surface area contributed by atoms with Gasteiger partial charge in [0.25, 0.3) is 5.91 Å². The highest BCUT2D eigenvalue weighted by Crippen LogP contribution is 2.40. The van der Waals surface area contributed by atoms with E-state index in [1.165, 1.54) is 0 Å². The molecule has 7 nitrogen and oxygen atoms in total. The summed E-state index contributed by atoms with van der Waals surface area (Å²) in [6.07, 6.45) is 0.0683. The Balaban J connectivity index is 2.10. The largest absolute Gasteiger partial charge is 0.481 e. The number of carboxylic acids is 2. The van der Waals surface area contributed by atoms with Crippen molar-refractivity contribution in [2.45, 2.75) is 32.6 Å². The van der Waals surface area contributed by atoms with Crippen LogP contribution in [0.1, 0.15) is 52.5 Å². The standard InChI is InChI=1S/C28H26ClNO6/c1-2-20-21(17-8-10-18(11-9-17)23(31)12-13-24(32)33)16-22(28(36)30-15-14-25(34)35)27(29)26(20)19-6-4-3-5-7-19/h3-11,16H,2,12-15H2,1H3,(H,30,36)(H,32,33)(H,34,35). The lowest BCUT2D eigenvalue weighted by Crippen LogP contribution is -2.26. The molecule has 3 rings (SSSR count). The van der Waals surface area contributed by atoms with Gasteiger partial charge in [-0.25, -0.2) is 0 Å². The van der Waals surface area contributed by atoms with E-state index in [0.717, 1.165) is 22.3 Å². The minimum absolute atomic E-state index is 0.0385. The van der Waals surface area contributed by atoms with Crippen molar-refractivity contribution in [1.82, 2.24) is 5.32 Å². The molecule has 0 saturated carbocycles. The number of ketones is 1. The average molecular weight is 508 g/mol. The topological polar surface area (TPSA) is 121 Å². The summed E-state index contributed by atoms with van der Waals surface area (Å²) in [6, 6.07) is 17.9. The van der Waals surface area contributed by atoms with Crippen LogP contribution in [0.3, 0.4) is 0 Å². The molecule has 0 aliphatic heterocycles. The second kappa shape index (κ2) is 12.1. The molecule has 0 bridgehead atoms. The molecule has 0 aliphatic rings. The minimum atomic E-state index is -1.03. The highest BCUT2D eigenvalue weighted by Gasteiger charge is 2.22. The van der Waals surface area contributed by atoms with E-state index in [1.54, 1.807) is 30.3 Å². The maximum absolute atomic E-state index is 13.0. The van der Waals surface area contributed by atoms with Crippen LogP contribution in [0.5, 0.6) is 0 Å². The first-order valence-corrected chi connectivity index (χ1v) is 11.9. The third-order valence-electron chi connectivity index (χ3n) is 5.74. The fraction of sp³-hybridized carbons (Fsp3) is 0.214. The molecule has 36 heavy (non-hydrogen) atoms. The Kier molecular flexibility index (Phi) is 8.97. The third-order valence-corrected chi connectivity index (χ3v) is 6.13. The van der Waals surface area contributed by atoms with Crippen LogP contribution in [0, 0.1) is 0 Å². The third kappa shape index (κ3) is 6.37. The predicted molar refractivity (Wildman–Crippen MR) is 137 cm³/mol. The molecule has 3 aromatic rings. The highest BCUT2D eigenvalue weighted by atomic mass is 35.5. The molecule has 0 aliphatic carbocycles. The summed E-state index contributed by atoms with van der Waals surface area (Å²) in [5, 5.41) is 20.6. The molecular formula is C28H26ClNO6. The number of carbonyl (C=O) groups excluding carboxylic acids is 2. The lowest BCUT2D eigenvalue weighted by atomic mass is 9.87. The van der Waals surface area contributed by atoms with Crippen molar-refractivity contribution in [1.29, 1.82) is 0 Å². The van der Waals surface area contributed by atoms with Crippen LogP contribution in [-0.2, 0) is 16.0 Å². The van der Waals surface area contributed by atoms with E-state index in [1.807, 2.05) is 37.3 Å². The molecule has 0 fully saturated rings. The van der Waals surface area contributed by atoms with Gasteiger partial charge in [-0.15, -0.1) is 0 Å². The summed E-state index contributed by atoms with van der Waals surface area (Å²) >= 11 is 6.78. The molecule has 8 heteroatoms. The van der Waals surface area contributed by atoms with Gasteiger partial charge < -0.3 is 15.5 Å². The molecule has 3 N–H and O–H groups in total. The van der Waals surface area contributed by atoms with Crippen LogP contribution in [0.25, 0.3) is 22.3 Å². The number of rotatable bonds is 11. The van der Waals surface area contributed by atoms with E-state index in [9.17, 15) is 19.2 Å². The number of carboxylic acid groups (broad SMARTS) is 2. The molecular weight excluding hydrogens is 482 g/mol. The van der Waals surface area contributed by atoms with Crippen LogP contribution in [0.4, 0.5) is 0 Å². The number of benzene rings is 3. The van der Waals surface area contributed by atoms with Crippen molar-refractivity contribution < 1.29 is 29.4 Å². The maximum Gasteiger partial charge on any atom is 0.305 e. The summed E-state index contributed by atoms with van der Waals surface area (Å²) in [7, 11) is 0. The van der Waals surface area contributed by atoms with Crippen LogP contribution < -0.4 is 5.32 Å². The number of aliphatic carboxylic acids is 2. The van der Waals surface area contributed by atoms with E-state index in [0.29, 0.717) is 17.5 Å². The monoisotopic (exact) mass is 507 g/mol. The average Bonchev–Trinajstić information content (AvgIpc) is 2.87. The number of amides is 1. The van der Waals surface area contributed by atoms with Crippen molar-refractivity contribution in [3.05, 3.63) is 82.4 Å². The number of Topliss-reactive ketones (excluding diaryl/α,β-unsaturated/α-hetero) is 1. The Morgan fingerprint density at radius 1 is 0.833 bits per heavy atom. The molecule has 3 aromatic carbocycles. The normalized spacial score (nSPS) is 10.6. The first kappa shape index (κ1) is 26.6. The zero-order valence-electron chi connectivity index (χ0n) is 19.7. The van der Waals surface area contributed by atoms with E-state index in [2.05, 4.69) is 5.32 Å². The quantitative estimate of drug-likeness (QED) is 0.295. The van der Waals surface area contributed by atoms with Gasteiger partial charge in [0, 0.05) is 24.1 Å². The number of hydrogen-bond acceptors (Lipinski definition) is 4. The molecule has 186 valence electrons. The van der Waals surface area contributed by atoms with E-state index < -0.39 is 17.8 Å². The fourth-order valence-electron chi connectivity index (χ4n) is 3.97. The SMILES string of the molecule is CCc1c(-c2ccc(C(=O)CCC(=O)O)cc2)cc(C(=O)NCCC(=O)O)c(Cl)c1-c1ccccc1. The molecule has 0 spiro atoms. The van der Waals surface area contributed by atoms with Crippen molar-refractivity contribution in [2.75, 3.05) is 6.54 Å². The summed E-state index contributed by atoms with van der Waals surface area (Å²) in [6.45, 7) is 1.95. The molecule has 0 unspecified atom stereocenters. The first-order chi connectivity index (χ1) is 17.2. The Bertz CT molecular complexity index is 1290. The van der Waals surface area contributed by atoms with Gasteiger partial charge in [0.1, 0.15) is 0 Å². The first-order valence-electron chi connectivity index (χ1n) is 11.5. The Morgan fingerprint density at radius 2 is 1.47 bits per heavy atom. The summed E-state index contributed by atoms with van der Waals surface area (Å²) in [5.41, 5.74) is 4.60. The van der Waals surface area contributed by atoms with Crippen LogP contribution in [0.2, 0.25) is 5.02 Å². The fourth-order valence-corrected chi connectivity index (χ4v) is 4.33. The van der Waals surface area contributed by atoms with Crippen LogP contribution >= 0.6 is 11.6 Å². The van der Waals surface area contributed by atoms with Gasteiger partial charge in [0.15, 0.2) is 5.78 Å². The summed E-state index contributed by atoms with van der Waals surface area (Å²) in [5.74, 6) is -2.80. The second-order valence-corrected chi connectivity index (χ2v) is 8.53. The molecule has 0 radical (unpaired) electrons. The maximum atomic E-state index is 13.0. The Hall–Kier alpha value is -3.97. The minimum Gasteiger partial charge on any atom is -0.481 e. The van der Waals surface area contributed by atoms with Gasteiger partial charge >= 0.3 is 11.9 Å². The van der Waals surface area contributed by atoms with Crippen LogP contribution in [0.15, 0.2) is 60.7 Å². The second-order valence-electron chi connectivity index (χ2n) is 8.15. The Labute approximate surface area is 213 Å². The van der Waals surface area contributed by atoms with Gasteiger partial charge in [-0.2, -0.15) is 0 Å². The lowest BCUT2D eigenvalue weighted by Gasteiger charge is -2.19. The summed E-state index contributed by atoms with van der Waals surface area (Å²) in [4.78, 5) is 47.0. The molecule has 0 aromatic heterocycles. The van der Waals surface area contributed by atoms with E-state index in [-0.39, 0.29) is 42.2 Å². The molecule has 0 saturated heterocycles. The van der Waals surface area contributed by atoms with Crippen molar-refractivity contribution in [3.8, 4) is 22.3 Å². The highest BCUT2D eigenvalue weighted by molar-refractivity contribution is 6.37. The summed E-state index contributed by atoms with van der Waals surface area (Å²) < 4.78 is 0. The number of halogens is 1. The van der Waals surface area contributed by atoms with Crippen LogP contribution in [-0.4, -0.2) is 40.4 Å². The van der Waals surface area contributed by atoms with E-state index >= 15 is 0 Å². The predicted octanol–water partition coefficient (Wildman–Crippen LogP) is 5.49. The number of carbonyl (C=O) groups is 4. The number of nitrogens with one attached hydrogen (secondary N) is 1. The number of hydrogen-bond donors (Lipinski definition) is 3. The molecule has 0 atom stereocenters. The van der Waals surface area contributed by atoms with Gasteiger partial charge in [-0.3, -0.25) is 19.2 Å². The van der Waals surface area contributed by atoms with E-state index in [4.69, 9.17) is 21.8 Å². The Morgan fingerprint density at radius 3 is 2.06 bits per heavy atom. The van der Waals surface area contributed by atoms with Gasteiger partial charge in [0.2, 0.25) is 0 Å². The zero-order valence-corrected chi connectivity index (χ0v) is 20.5. The van der Waals surface area contributed by atoms with Gasteiger partial charge in [0.05, 0.1) is 23.4 Å². The van der Waals surface area contributed by atoms with Gasteiger partial charge in [-0.05, 0) is 34.7 Å². The van der Waals surface area contributed by atoms with Crippen molar-refractivity contribution >= 4 is 35.2 Å². The van der Waals surface area contributed by atoms with Crippen molar-refractivity contribution in [2.24, 2.45) is 0 Å². The smallest absolute Gasteiger partial charge is 0.305 e. The lowest BCUT2D eigenvalue weighted by molar-refractivity contribution is -0.137.